The van der Waals surface area contributed by atoms with Crippen LogP contribution >= 0.6 is 15.9 Å². The first-order valence-electron chi connectivity index (χ1n) is 6.60. The number of hydrogen-bond donors (Lipinski definition) is 2. The molecule has 104 valence electrons. The smallest absolute Gasteiger partial charge is 0.258 e. The third-order valence-corrected chi connectivity index (χ3v) is 3.67. The molecule has 0 saturated heterocycles. The van der Waals surface area contributed by atoms with Crippen molar-refractivity contribution in [3.05, 3.63) is 28.2 Å². The molecule has 1 aromatic rings. The molecule has 1 aliphatic rings. The molecule has 1 saturated carbocycles. The molecule has 2 N–H and O–H groups in total. The summed E-state index contributed by atoms with van der Waals surface area (Å²) in [7, 11) is 0. The van der Waals surface area contributed by atoms with Crippen LogP contribution in [-0.2, 0) is 11.3 Å². The first kappa shape index (κ1) is 14.3. The van der Waals surface area contributed by atoms with E-state index >= 15 is 0 Å². The molecule has 19 heavy (non-hydrogen) atoms. The molecular weight excluding hydrogens is 308 g/mol. The van der Waals surface area contributed by atoms with E-state index in [2.05, 4.69) is 33.5 Å². The van der Waals surface area contributed by atoms with Gasteiger partial charge in [0.1, 0.15) is 5.75 Å². The quantitative estimate of drug-likeness (QED) is 0.807. The van der Waals surface area contributed by atoms with Crippen LogP contribution in [0.4, 0.5) is 0 Å². The van der Waals surface area contributed by atoms with Crippen molar-refractivity contribution in [2.45, 2.75) is 32.4 Å². The monoisotopic (exact) mass is 326 g/mol. The standard InChI is InChI=1S/C14H19BrN2O2/c1-2-16-8-10-7-12(5-6-13(10)15)19-9-14(18)17-11-3-4-11/h5-7,11,16H,2-4,8-9H2,1H3,(H,17,18). The summed E-state index contributed by atoms with van der Waals surface area (Å²) in [6.45, 7) is 3.85. The molecule has 2 rings (SSSR count). The fourth-order valence-electron chi connectivity index (χ4n) is 1.68. The second-order valence-electron chi connectivity index (χ2n) is 4.66. The fourth-order valence-corrected chi connectivity index (χ4v) is 2.07. The maximum absolute atomic E-state index is 11.5. The van der Waals surface area contributed by atoms with Crippen LogP contribution in [0.2, 0.25) is 0 Å². The zero-order valence-electron chi connectivity index (χ0n) is 11.0. The van der Waals surface area contributed by atoms with E-state index in [-0.39, 0.29) is 12.5 Å². The number of carbonyl (C=O) groups excluding carboxylic acids is 1. The Morgan fingerprint density at radius 2 is 2.26 bits per heavy atom. The second-order valence-corrected chi connectivity index (χ2v) is 5.52. The first-order valence-corrected chi connectivity index (χ1v) is 7.39. The summed E-state index contributed by atoms with van der Waals surface area (Å²) in [5, 5.41) is 6.17. The largest absolute Gasteiger partial charge is 0.484 e. The molecule has 0 radical (unpaired) electrons. The summed E-state index contributed by atoms with van der Waals surface area (Å²) in [6.07, 6.45) is 2.19. The minimum absolute atomic E-state index is 0.0429. The summed E-state index contributed by atoms with van der Waals surface area (Å²) in [5.74, 6) is 0.681. The summed E-state index contributed by atoms with van der Waals surface area (Å²) in [6, 6.07) is 6.15. The molecule has 0 bridgehead atoms. The van der Waals surface area contributed by atoms with Crippen LogP contribution < -0.4 is 15.4 Å². The number of amides is 1. The van der Waals surface area contributed by atoms with Crippen LogP contribution in [0.1, 0.15) is 25.3 Å². The van der Waals surface area contributed by atoms with Gasteiger partial charge in [0, 0.05) is 17.1 Å². The zero-order valence-corrected chi connectivity index (χ0v) is 12.6. The highest BCUT2D eigenvalue weighted by molar-refractivity contribution is 9.10. The van der Waals surface area contributed by atoms with E-state index in [1.807, 2.05) is 18.2 Å². The van der Waals surface area contributed by atoms with E-state index < -0.39 is 0 Å². The average Bonchev–Trinajstić information content (AvgIpc) is 3.20. The number of carbonyl (C=O) groups is 1. The molecule has 0 unspecified atom stereocenters. The van der Waals surface area contributed by atoms with Gasteiger partial charge in [-0.2, -0.15) is 0 Å². The normalized spacial score (nSPS) is 14.2. The highest BCUT2D eigenvalue weighted by Crippen LogP contribution is 2.23. The third kappa shape index (κ3) is 4.84. The van der Waals surface area contributed by atoms with Crippen molar-refractivity contribution in [2.75, 3.05) is 13.2 Å². The molecule has 0 heterocycles. The molecule has 0 spiro atoms. The Morgan fingerprint density at radius 1 is 1.47 bits per heavy atom. The third-order valence-electron chi connectivity index (χ3n) is 2.90. The Kier molecular flexibility index (Phi) is 5.22. The lowest BCUT2D eigenvalue weighted by molar-refractivity contribution is -0.123. The van der Waals surface area contributed by atoms with Gasteiger partial charge >= 0.3 is 0 Å². The Hall–Kier alpha value is -1.07. The lowest BCUT2D eigenvalue weighted by atomic mass is 10.2. The SMILES string of the molecule is CCNCc1cc(OCC(=O)NC2CC2)ccc1Br. The van der Waals surface area contributed by atoms with Crippen molar-refractivity contribution >= 4 is 21.8 Å². The minimum Gasteiger partial charge on any atom is -0.484 e. The van der Waals surface area contributed by atoms with Crippen molar-refractivity contribution in [1.29, 1.82) is 0 Å². The predicted octanol–water partition coefficient (Wildman–Crippen LogP) is 2.22. The number of benzene rings is 1. The van der Waals surface area contributed by atoms with Gasteiger partial charge in [-0.15, -0.1) is 0 Å². The molecule has 4 nitrogen and oxygen atoms in total. The molecule has 1 aliphatic carbocycles. The Balaban J connectivity index is 1.86. The molecular formula is C14H19BrN2O2. The molecule has 1 amide bonds. The number of nitrogens with one attached hydrogen (secondary N) is 2. The van der Waals surface area contributed by atoms with Crippen molar-refractivity contribution in [2.24, 2.45) is 0 Å². The van der Waals surface area contributed by atoms with Gasteiger partial charge in [-0.05, 0) is 43.1 Å². The van der Waals surface area contributed by atoms with E-state index in [1.165, 1.54) is 0 Å². The van der Waals surface area contributed by atoms with Crippen LogP contribution in [0.5, 0.6) is 5.75 Å². The molecule has 1 fully saturated rings. The zero-order chi connectivity index (χ0) is 13.7. The van der Waals surface area contributed by atoms with E-state index in [9.17, 15) is 4.79 Å². The van der Waals surface area contributed by atoms with Gasteiger partial charge in [0.15, 0.2) is 6.61 Å². The number of rotatable bonds is 7. The summed E-state index contributed by atoms with van der Waals surface area (Å²) in [5.41, 5.74) is 1.13. The summed E-state index contributed by atoms with van der Waals surface area (Å²) in [4.78, 5) is 11.5. The van der Waals surface area contributed by atoms with Crippen molar-refractivity contribution < 1.29 is 9.53 Å². The van der Waals surface area contributed by atoms with Crippen LogP contribution in [-0.4, -0.2) is 25.1 Å². The van der Waals surface area contributed by atoms with Crippen molar-refractivity contribution in [1.82, 2.24) is 10.6 Å². The lowest BCUT2D eigenvalue weighted by Crippen LogP contribution is -2.30. The van der Waals surface area contributed by atoms with E-state index in [4.69, 9.17) is 4.74 Å². The predicted molar refractivity (Wildman–Crippen MR) is 78.2 cm³/mol. The van der Waals surface area contributed by atoms with Crippen LogP contribution in [0, 0.1) is 0 Å². The highest BCUT2D eigenvalue weighted by atomic mass is 79.9. The highest BCUT2D eigenvalue weighted by Gasteiger charge is 2.23. The van der Waals surface area contributed by atoms with Crippen LogP contribution in [0.3, 0.4) is 0 Å². The Bertz CT molecular complexity index is 447. The Labute approximate surface area is 122 Å². The van der Waals surface area contributed by atoms with Crippen molar-refractivity contribution in [3.8, 4) is 5.75 Å². The first-order chi connectivity index (χ1) is 9.19. The van der Waals surface area contributed by atoms with Gasteiger partial charge in [-0.3, -0.25) is 4.79 Å². The van der Waals surface area contributed by atoms with Gasteiger partial charge < -0.3 is 15.4 Å². The van der Waals surface area contributed by atoms with Gasteiger partial charge in [-0.25, -0.2) is 0 Å². The topological polar surface area (TPSA) is 50.4 Å². The average molecular weight is 327 g/mol. The van der Waals surface area contributed by atoms with Crippen molar-refractivity contribution in [3.63, 3.8) is 0 Å². The van der Waals surface area contributed by atoms with Crippen LogP contribution in [0.25, 0.3) is 0 Å². The second kappa shape index (κ2) is 6.91. The molecule has 0 atom stereocenters. The van der Waals surface area contributed by atoms with Gasteiger partial charge in [-0.1, -0.05) is 22.9 Å². The molecule has 0 aliphatic heterocycles. The van der Waals surface area contributed by atoms with E-state index in [0.29, 0.717) is 6.04 Å². The van der Waals surface area contributed by atoms with E-state index in [1.54, 1.807) is 0 Å². The molecule has 5 heteroatoms. The van der Waals surface area contributed by atoms with Crippen LogP contribution in [0.15, 0.2) is 22.7 Å². The molecule has 0 aromatic heterocycles. The minimum atomic E-state index is -0.0429. The van der Waals surface area contributed by atoms with Gasteiger partial charge in [0.05, 0.1) is 0 Å². The maximum atomic E-state index is 11.5. The number of ether oxygens (including phenoxy) is 1. The summed E-state index contributed by atoms with van der Waals surface area (Å²) < 4.78 is 6.56. The van der Waals surface area contributed by atoms with E-state index in [0.717, 1.165) is 41.7 Å². The fraction of sp³-hybridized carbons (Fsp3) is 0.500. The molecule has 1 aromatic carbocycles. The summed E-state index contributed by atoms with van der Waals surface area (Å²) >= 11 is 3.51. The number of halogens is 1. The lowest BCUT2D eigenvalue weighted by Gasteiger charge is -2.10. The van der Waals surface area contributed by atoms with Gasteiger partial charge in [0.2, 0.25) is 0 Å². The maximum Gasteiger partial charge on any atom is 0.258 e. The Morgan fingerprint density at radius 3 is 2.95 bits per heavy atom. The number of hydrogen-bond acceptors (Lipinski definition) is 3. The van der Waals surface area contributed by atoms with Gasteiger partial charge in [0.25, 0.3) is 5.91 Å².